The number of nitrogen functional groups attached to an aromatic ring is 1. The molecule has 39 heavy (non-hydrogen) atoms. The van der Waals surface area contributed by atoms with Crippen LogP contribution in [0.5, 0.6) is 0 Å². The Bertz CT molecular complexity index is 866. The molecular formula is C28H52N3O7P. The average molecular weight is 574 g/mol. The largest absolute Gasteiger partial charge is 0.394 e. The van der Waals surface area contributed by atoms with Crippen molar-refractivity contribution in [2.45, 2.75) is 109 Å². The Kier molecular flexibility index (Phi) is 21.1. The van der Waals surface area contributed by atoms with Crippen molar-refractivity contribution in [2.24, 2.45) is 0 Å². The van der Waals surface area contributed by atoms with Crippen molar-refractivity contribution in [1.29, 1.82) is 0 Å². The van der Waals surface area contributed by atoms with E-state index in [1.807, 2.05) is 0 Å². The van der Waals surface area contributed by atoms with Crippen molar-refractivity contribution in [3.8, 4) is 0 Å². The van der Waals surface area contributed by atoms with Crippen molar-refractivity contribution in [3.63, 3.8) is 0 Å². The molecule has 0 bridgehead atoms. The lowest BCUT2D eigenvalue weighted by molar-refractivity contribution is 0.0147. The van der Waals surface area contributed by atoms with E-state index in [2.05, 4.69) is 24.1 Å². The average Bonchev–Trinajstić information content (AvgIpc) is 2.91. The third-order valence-corrected chi connectivity index (χ3v) is 7.36. The molecule has 11 heteroatoms. The number of aliphatic hydroxyl groups excluding tert-OH is 1. The van der Waals surface area contributed by atoms with Gasteiger partial charge in [0, 0.05) is 12.8 Å². The fourth-order valence-corrected chi connectivity index (χ4v) is 4.83. The number of hydrogen-bond donors (Lipinski definition) is 3. The summed E-state index contributed by atoms with van der Waals surface area (Å²) in [6.45, 7) is 2.54. The number of nitrogens with zero attached hydrogens (tertiary/aromatic N) is 2. The van der Waals surface area contributed by atoms with Gasteiger partial charge < -0.3 is 29.7 Å². The first-order valence-electron chi connectivity index (χ1n) is 14.6. The van der Waals surface area contributed by atoms with Crippen molar-refractivity contribution in [3.05, 3.63) is 34.9 Å². The lowest BCUT2D eigenvalue weighted by atomic mass is 10.1. The van der Waals surface area contributed by atoms with Crippen LogP contribution >= 0.6 is 7.60 Å². The molecule has 0 aliphatic carbocycles. The maximum absolute atomic E-state index is 12.2. The van der Waals surface area contributed by atoms with E-state index in [9.17, 15) is 19.4 Å². The van der Waals surface area contributed by atoms with Crippen LogP contribution in [0.1, 0.15) is 96.8 Å². The zero-order valence-corrected chi connectivity index (χ0v) is 24.8. The summed E-state index contributed by atoms with van der Waals surface area (Å²) in [6, 6.07) is 1.44. The molecule has 0 aromatic carbocycles. The maximum atomic E-state index is 12.2. The molecule has 0 radical (unpaired) electrons. The van der Waals surface area contributed by atoms with Gasteiger partial charge in [0.2, 0.25) is 0 Å². The third kappa shape index (κ3) is 20.0. The summed E-state index contributed by atoms with van der Waals surface area (Å²) in [5, 5.41) is 9.46. The first kappa shape index (κ1) is 35.5. The Morgan fingerprint density at radius 2 is 1.59 bits per heavy atom. The van der Waals surface area contributed by atoms with Crippen molar-refractivity contribution < 1.29 is 28.6 Å². The van der Waals surface area contributed by atoms with E-state index in [0.29, 0.717) is 6.61 Å². The molecule has 0 amide bonds. The molecule has 1 rings (SSSR count). The molecule has 1 aromatic heterocycles. The quantitative estimate of drug-likeness (QED) is 0.0751. The van der Waals surface area contributed by atoms with E-state index in [-0.39, 0.29) is 25.6 Å². The summed E-state index contributed by atoms with van der Waals surface area (Å²) in [5.41, 5.74) is 4.85. The second kappa shape index (κ2) is 23.2. The number of ether oxygens (including phenoxy) is 2. The van der Waals surface area contributed by atoms with Crippen LogP contribution in [0.2, 0.25) is 0 Å². The zero-order chi connectivity index (χ0) is 28.6. The first-order chi connectivity index (χ1) is 18.9. The number of hydrogen-bond acceptors (Lipinski definition) is 8. The molecule has 0 saturated heterocycles. The molecule has 0 spiro atoms. The molecule has 1 aromatic rings. The Morgan fingerprint density at radius 1 is 0.974 bits per heavy atom. The van der Waals surface area contributed by atoms with Gasteiger partial charge in [0.05, 0.1) is 32.5 Å². The van der Waals surface area contributed by atoms with E-state index in [0.717, 1.165) is 12.8 Å². The second-order valence-corrected chi connectivity index (χ2v) is 11.7. The van der Waals surface area contributed by atoms with Gasteiger partial charge in [0.25, 0.3) is 0 Å². The number of rotatable bonds is 26. The lowest BCUT2D eigenvalue weighted by Crippen LogP contribution is -2.32. The lowest BCUT2D eigenvalue weighted by Gasteiger charge is -2.19. The van der Waals surface area contributed by atoms with Gasteiger partial charge in [0.15, 0.2) is 0 Å². The van der Waals surface area contributed by atoms with Gasteiger partial charge in [-0.05, 0) is 38.2 Å². The highest BCUT2D eigenvalue weighted by atomic mass is 31.2. The summed E-state index contributed by atoms with van der Waals surface area (Å²) >= 11 is 0. The Hall–Kier alpha value is -1.55. The number of nitrogens with two attached hydrogens (primary N) is 1. The van der Waals surface area contributed by atoms with Gasteiger partial charge in [-0.1, -0.05) is 76.9 Å². The standard InChI is InChI=1S/C28H52N3O7P/c1-2-3-4-5-6-7-8-9-10-11-12-13-14-15-16-17-20-36-21-22-38-39(34,35)25-37-26(24-32)23-31-19-18-27(29)30-28(31)33/h9-10,18-19,26,32H,2-8,11-17,20-25H2,1H3,(H,34,35)(H2,29,30,33)/b10-9+/t26-/m0/s1. The monoisotopic (exact) mass is 573 g/mol. The third-order valence-electron chi connectivity index (χ3n) is 6.29. The van der Waals surface area contributed by atoms with Crippen molar-refractivity contribution >= 4 is 13.4 Å². The summed E-state index contributed by atoms with van der Waals surface area (Å²) in [6.07, 6.45) is 22.1. The SMILES string of the molecule is CCCCCCCC/C=C/CCCCCCCCOCCOP(=O)(O)CO[C@H](CO)Cn1ccc(N)nc1=O. The minimum Gasteiger partial charge on any atom is -0.394 e. The van der Waals surface area contributed by atoms with Crippen LogP contribution in [0.15, 0.2) is 29.2 Å². The molecular weight excluding hydrogens is 521 g/mol. The van der Waals surface area contributed by atoms with Gasteiger partial charge in [-0.2, -0.15) is 4.98 Å². The normalized spacial score (nSPS) is 14.1. The molecule has 226 valence electrons. The predicted octanol–water partition coefficient (Wildman–Crippen LogP) is 5.42. The summed E-state index contributed by atoms with van der Waals surface area (Å²) < 4.78 is 29.2. The van der Waals surface area contributed by atoms with Crippen LogP contribution in [0.4, 0.5) is 5.82 Å². The van der Waals surface area contributed by atoms with Crippen LogP contribution in [0.25, 0.3) is 0 Å². The number of unbranched alkanes of at least 4 members (excludes halogenated alkanes) is 12. The molecule has 1 unspecified atom stereocenters. The molecule has 4 N–H and O–H groups in total. The maximum Gasteiger partial charge on any atom is 0.353 e. The molecule has 2 atom stereocenters. The van der Waals surface area contributed by atoms with Crippen LogP contribution in [0, 0.1) is 0 Å². The minimum atomic E-state index is -4.02. The Labute approximate surface area is 234 Å². The molecule has 0 aliphatic rings. The zero-order valence-electron chi connectivity index (χ0n) is 23.9. The minimum absolute atomic E-state index is 0.0331. The highest BCUT2D eigenvalue weighted by molar-refractivity contribution is 7.52. The van der Waals surface area contributed by atoms with E-state index < -0.39 is 32.3 Å². The first-order valence-corrected chi connectivity index (χ1v) is 16.4. The molecule has 0 fully saturated rings. The highest BCUT2D eigenvalue weighted by Gasteiger charge is 2.22. The van der Waals surface area contributed by atoms with Crippen LogP contribution in [-0.4, -0.2) is 58.4 Å². The number of aliphatic hydroxyl groups is 1. The predicted molar refractivity (Wildman–Crippen MR) is 156 cm³/mol. The molecule has 0 aliphatic heterocycles. The van der Waals surface area contributed by atoms with Gasteiger partial charge in [-0.25, -0.2) is 4.79 Å². The van der Waals surface area contributed by atoms with E-state index in [1.165, 1.54) is 93.9 Å². The number of allylic oxidation sites excluding steroid dienone is 2. The molecule has 10 nitrogen and oxygen atoms in total. The van der Waals surface area contributed by atoms with Gasteiger partial charge >= 0.3 is 13.3 Å². The van der Waals surface area contributed by atoms with Gasteiger partial charge in [0.1, 0.15) is 12.2 Å². The molecule has 1 heterocycles. The van der Waals surface area contributed by atoms with E-state index >= 15 is 0 Å². The Balaban J connectivity index is 1.95. The summed E-state index contributed by atoms with van der Waals surface area (Å²) in [5.74, 6) is 0.0841. The van der Waals surface area contributed by atoms with E-state index in [4.69, 9.17) is 19.7 Å². The van der Waals surface area contributed by atoms with Gasteiger partial charge in [-0.3, -0.25) is 9.13 Å². The fraction of sp³-hybridized carbons (Fsp3) is 0.786. The summed E-state index contributed by atoms with van der Waals surface area (Å²) in [4.78, 5) is 25.3. The smallest absolute Gasteiger partial charge is 0.353 e. The summed E-state index contributed by atoms with van der Waals surface area (Å²) in [7, 11) is -4.02. The highest BCUT2D eigenvalue weighted by Crippen LogP contribution is 2.41. The molecule has 0 saturated carbocycles. The number of anilines is 1. The topological polar surface area (TPSA) is 146 Å². The van der Waals surface area contributed by atoms with E-state index in [1.54, 1.807) is 0 Å². The second-order valence-electron chi connectivity index (χ2n) is 9.91. The number of aromatic nitrogens is 2. The fourth-order valence-electron chi connectivity index (χ4n) is 3.99. The van der Waals surface area contributed by atoms with Crippen LogP contribution in [0.3, 0.4) is 0 Å². The van der Waals surface area contributed by atoms with Crippen LogP contribution < -0.4 is 11.4 Å². The Morgan fingerprint density at radius 3 is 2.21 bits per heavy atom. The van der Waals surface area contributed by atoms with Crippen LogP contribution in [-0.2, 0) is 25.1 Å². The van der Waals surface area contributed by atoms with Crippen molar-refractivity contribution in [2.75, 3.05) is 38.5 Å². The van der Waals surface area contributed by atoms with Crippen molar-refractivity contribution in [1.82, 2.24) is 9.55 Å². The van der Waals surface area contributed by atoms with Gasteiger partial charge in [-0.15, -0.1) is 0 Å².